The Bertz CT molecular complexity index is 466. The predicted molar refractivity (Wildman–Crippen MR) is 85.7 cm³/mol. The lowest BCUT2D eigenvalue weighted by molar-refractivity contribution is 0.369. The van der Waals surface area contributed by atoms with Gasteiger partial charge in [-0.15, -0.1) is 0 Å². The maximum absolute atomic E-state index is 11.6. The van der Waals surface area contributed by atoms with Crippen molar-refractivity contribution in [3.05, 3.63) is 20.3 Å². The van der Waals surface area contributed by atoms with E-state index in [9.17, 15) is 4.79 Å². The molecule has 1 fully saturated rings. The number of nitrogens with zero attached hydrogens (tertiary/aromatic N) is 2. The average molecular weight is 376 g/mol. The summed E-state index contributed by atoms with van der Waals surface area (Å²) in [6, 6.07) is 0.549. The number of rotatable bonds is 4. The van der Waals surface area contributed by atoms with Gasteiger partial charge in [0.1, 0.15) is 9.39 Å². The first-order valence-corrected chi connectivity index (χ1v) is 7.87. The van der Waals surface area contributed by atoms with Gasteiger partial charge in [0.05, 0.1) is 6.33 Å². The van der Waals surface area contributed by atoms with Crippen LogP contribution in [0.5, 0.6) is 0 Å². The summed E-state index contributed by atoms with van der Waals surface area (Å²) in [6.45, 7) is 7.41. The highest BCUT2D eigenvalue weighted by molar-refractivity contribution is 14.1. The van der Waals surface area contributed by atoms with Crippen molar-refractivity contribution in [3.8, 4) is 0 Å². The summed E-state index contributed by atoms with van der Waals surface area (Å²) in [4.78, 5) is 20.7. The molecule has 2 heterocycles. The molecule has 1 aliphatic heterocycles. The van der Waals surface area contributed by atoms with E-state index in [1.165, 1.54) is 6.33 Å². The van der Waals surface area contributed by atoms with Gasteiger partial charge in [0.25, 0.3) is 5.56 Å². The Morgan fingerprint density at radius 3 is 2.84 bits per heavy atom. The van der Waals surface area contributed by atoms with Gasteiger partial charge in [-0.25, -0.2) is 4.98 Å². The first-order chi connectivity index (χ1) is 9.08. The standard InChI is InChI=1S/C13H21IN4O/c1-9(2)15-7-10-3-5-18(6-4-10)12-11(14)13(19)17-8-16-12/h8-10,15H,3-7H2,1-2H3,(H,16,17,19). The zero-order chi connectivity index (χ0) is 13.8. The van der Waals surface area contributed by atoms with E-state index in [2.05, 4.69) is 56.6 Å². The van der Waals surface area contributed by atoms with Crippen molar-refractivity contribution in [3.63, 3.8) is 0 Å². The van der Waals surface area contributed by atoms with Crippen molar-refractivity contribution in [1.82, 2.24) is 15.3 Å². The highest BCUT2D eigenvalue weighted by Crippen LogP contribution is 2.23. The smallest absolute Gasteiger partial charge is 0.266 e. The van der Waals surface area contributed by atoms with Crippen LogP contribution in [0.2, 0.25) is 0 Å². The van der Waals surface area contributed by atoms with Crippen molar-refractivity contribution in [2.45, 2.75) is 32.7 Å². The van der Waals surface area contributed by atoms with E-state index in [-0.39, 0.29) is 5.56 Å². The molecule has 0 aromatic carbocycles. The SMILES string of the molecule is CC(C)NCC1CCN(c2nc[nH]c(=O)c2I)CC1. The highest BCUT2D eigenvalue weighted by atomic mass is 127. The van der Waals surface area contributed by atoms with Gasteiger partial charge in [-0.05, 0) is 47.9 Å². The summed E-state index contributed by atoms with van der Waals surface area (Å²) >= 11 is 2.08. The lowest BCUT2D eigenvalue weighted by Gasteiger charge is -2.33. The summed E-state index contributed by atoms with van der Waals surface area (Å²) in [7, 11) is 0. The van der Waals surface area contributed by atoms with Gasteiger partial charge < -0.3 is 15.2 Å². The second-order valence-electron chi connectivity index (χ2n) is 5.36. The van der Waals surface area contributed by atoms with Gasteiger partial charge in [-0.1, -0.05) is 13.8 Å². The molecule has 0 radical (unpaired) electrons. The predicted octanol–water partition coefficient (Wildman–Crippen LogP) is 1.59. The fourth-order valence-electron chi connectivity index (χ4n) is 2.35. The first-order valence-electron chi connectivity index (χ1n) is 6.79. The van der Waals surface area contributed by atoms with Gasteiger partial charge in [0, 0.05) is 19.1 Å². The molecule has 0 amide bonds. The van der Waals surface area contributed by atoms with Gasteiger partial charge in [0.2, 0.25) is 0 Å². The Kier molecular flexibility index (Phi) is 5.20. The third-order valence-corrected chi connectivity index (χ3v) is 4.48. The second kappa shape index (κ2) is 6.69. The lowest BCUT2D eigenvalue weighted by Crippen LogP contribution is -2.40. The summed E-state index contributed by atoms with van der Waals surface area (Å²) in [6.07, 6.45) is 3.81. The molecular formula is C13H21IN4O. The zero-order valence-corrected chi connectivity index (χ0v) is 13.6. The maximum atomic E-state index is 11.6. The number of hydrogen-bond donors (Lipinski definition) is 2. The maximum Gasteiger partial charge on any atom is 0.266 e. The highest BCUT2D eigenvalue weighted by Gasteiger charge is 2.22. The van der Waals surface area contributed by atoms with E-state index in [4.69, 9.17) is 0 Å². The summed E-state index contributed by atoms with van der Waals surface area (Å²) in [5.74, 6) is 1.57. The van der Waals surface area contributed by atoms with Crippen molar-refractivity contribution >= 4 is 28.4 Å². The van der Waals surface area contributed by atoms with Crippen molar-refractivity contribution in [1.29, 1.82) is 0 Å². The number of aromatic amines is 1. The first kappa shape index (κ1) is 14.8. The Morgan fingerprint density at radius 2 is 2.21 bits per heavy atom. The Balaban J connectivity index is 1.93. The van der Waals surface area contributed by atoms with Crippen LogP contribution >= 0.6 is 22.6 Å². The fraction of sp³-hybridized carbons (Fsp3) is 0.692. The molecule has 0 atom stereocenters. The minimum Gasteiger partial charge on any atom is -0.355 e. The number of aromatic nitrogens is 2. The quantitative estimate of drug-likeness (QED) is 0.784. The van der Waals surface area contributed by atoms with Crippen LogP contribution in [0.15, 0.2) is 11.1 Å². The molecular weight excluding hydrogens is 355 g/mol. The monoisotopic (exact) mass is 376 g/mol. The fourth-order valence-corrected chi connectivity index (χ4v) is 2.98. The van der Waals surface area contributed by atoms with E-state index in [0.29, 0.717) is 9.61 Å². The Hall–Kier alpha value is -0.630. The molecule has 0 aliphatic carbocycles. The van der Waals surface area contributed by atoms with Crippen LogP contribution in [0.25, 0.3) is 0 Å². The Labute approximate surface area is 127 Å². The minimum atomic E-state index is -0.0470. The van der Waals surface area contributed by atoms with Crippen LogP contribution in [0.1, 0.15) is 26.7 Å². The van der Waals surface area contributed by atoms with Gasteiger partial charge in [-0.2, -0.15) is 0 Å². The molecule has 0 unspecified atom stereocenters. The molecule has 1 aliphatic rings. The van der Waals surface area contributed by atoms with Gasteiger partial charge in [0.15, 0.2) is 0 Å². The molecule has 6 heteroatoms. The molecule has 19 heavy (non-hydrogen) atoms. The Morgan fingerprint density at radius 1 is 1.53 bits per heavy atom. The van der Waals surface area contributed by atoms with E-state index in [0.717, 1.165) is 44.2 Å². The molecule has 1 saturated heterocycles. The number of piperidine rings is 1. The third kappa shape index (κ3) is 3.92. The average Bonchev–Trinajstić information content (AvgIpc) is 2.40. The summed E-state index contributed by atoms with van der Waals surface area (Å²) in [5, 5.41) is 3.50. The number of halogens is 1. The molecule has 1 aromatic heterocycles. The van der Waals surface area contributed by atoms with E-state index in [1.807, 2.05) is 0 Å². The van der Waals surface area contributed by atoms with Crippen molar-refractivity contribution in [2.75, 3.05) is 24.5 Å². The normalized spacial score (nSPS) is 17.2. The topological polar surface area (TPSA) is 61.0 Å². The van der Waals surface area contributed by atoms with E-state index in [1.54, 1.807) is 0 Å². The second-order valence-corrected chi connectivity index (χ2v) is 6.44. The van der Waals surface area contributed by atoms with E-state index < -0.39 is 0 Å². The molecule has 2 N–H and O–H groups in total. The van der Waals surface area contributed by atoms with E-state index >= 15 is 0 Å². The molecule has 0 spiro atoms. The van der Waals surface area contributed by atoms with Gasteiger partial charge >= 0.3 is 0 Å². The number of nitrogens with one attached hydrogen (secondary N) is 2. The van der Waals surface area contributed by atoms with Gasteiger partial charge in [-0.3, -0.25) is 4.79 Å². The van der Waals surface area contributed by atoms with Crippen LogP contribution in [-0.4, -0.2) is 35.6 Å². The summed E-state index contributed by atoms with van der Waals surface area (Å²) in [5.41, 5.74) is -0.0470. The molecule has 0 saturated carbocycles. The van der Waals surface area contributed by atoms with Crippen LogP contribution in [0.3, 0.4) is 0 Å². The van der Waals surface area contributed by atoms with Crippen molar-refractivity contribution in [2.24, 2.45) is 5.92 Å². The molecule has 0 bridgehead atoms. The number of anilines is 1. The zero-order valence-electron chi connectivity index (χ0n) is 11.4. The van der Waals surface area contributed by atoms with Crippen LogP contribution in [0.4, 0.5) is 5.82 Å². The molecule has 1 aromatic rings. The lowest BCUT2D eigenvalue weighted by atomic mass is 9.96. The minimum absolute atomic E-state index is 0.0470. The van der Waals surface area contributed by atoms with Crippen LogP contribution < -0.4 is 15.8 Å². The molecule has 5 nitrogen and oxygen atoms in total. The number of hydrogen-bond acceptors (Lipinski definition) is 4. The van der Waals surface area contributed by atoms with Crippen LogP contribution in [-0.2, 0) is 0 Å². The van der Waals surface area contributed by atoms with Crippen molar-refractivity contribution < 1.29 is 0 Å². The third-order valence-electron chi connectivity index (χ3n) is 3.51. The number of H-pyrrole nitrogens is 1. The van der Waals surface area contributed by atoms with Crippen LogP contribution in [0, 0.1) is 9.49 Å². The summed E-state index contributed by atoms with van der Waals surface area (Å²) < 4.78 is 0.693. The molecule has 106 valence electrons. The largest absolute Gasteiger partial charge is 0.355 e. The molecule has 2 rings (SSSR count).